The number of nitro groups is 1. The maximum Gasteiger partial charge on any atom is 0.293 e. The van der Waals surface area contributed by atoms with Gasteiger partial charge in [-0.3, -0.25) is 24.6 Å². The number of hydrogen-bond acceptors (Lipinski definition) is 6. The molecule has 2 amide bonds. The summed E-state index contributed by atoms with van der Waals surface area (Å²) in [5, 5.41) is 10.8. The Morgan fingerprint density at radius 1 is 1.00 bits per heavy atom. The topological polar surface area (TPSA) is 89.8 Å². The first-order chi connectivity index (χ1) is 15.9. The van der Waals surface area contributed by atoms with E-state index in [-0.39, 0.29) is 17.1 Å². The molecule has 4 rings (SSSR count). The van der Waals surface area contributed by atoms with Gasteiger partial charge in [0.2, 0.25) is 0 Å². The van der Waals surface area contributed by atoms with Crippen LogP contribution in [0.3, 0.4) is 0 Å². The zero-order valence-corrected chi connectivity index (χ0v) is 19.5. The van der Waals surface area contributed by atoms with E-state index < -0.39 is 16.1 Å². The molecule has 0 saturated carbocycles. The van der Waals surface area contributed by atoms with Crippen molar-refractivity contribution in [3.8, 4) is 5.75 Å². The van der Waals surface area contributed by atoms with Gasteiger partial charge in [0.15, 0.2) is 0 Å². The molecule has 7 nitrogen and oxygen atoms in total. The summed E-state index contributed by atoms with van der Waals surface area (Å²) in [5.74, 6) is 0.207. The van der Waals surface area contributed by atoms with Gasteiger partial charge in [0, 0.05) is 16.1 Å². The molecule has 1 saturated heterocycles. The quantitative estimate of drug-likeness (QED) is 0.208. The van der Waals surface area contributed by atoms with Gasteiger partial charge in [0.05, 0.1) is 16.4 Å². The molecule has 1 fully saturated rings. The summed E-state index contributed by atoms with van der Waals surface area (Å²) >= 11 is 4.22. The van der Waals surface area contributed by atoms with Gasteiger partial charge >= 0.3 is 0 Å². The molecule has 0 atom stereocenters. The number of nitrogens with zero attached hydrogens (tertiary/aromatic N) is 2. The molecule has 9 heteroatoms. The molecule has 0 unspecified atom stereocenters. The van der Waals surface area contributed by atoms with Crippen LogP contribution in [0.15, 0.2) is 82.2 Å². The molecule has 33 heavy (non-hydrogen) atoms. The second-order valence-corrected chi connectivity index (χ2v) is 9.05. The minimum absolute atomic E-state index is 0.126. The number of para-hydroxylation sites is 1. The van der Waals surface area contributed by atoms with Crippen molar-refractivity contribution in [2.24, 2.45) is 0 Å². The molecule has 1 aliphatic heterocycles. The number of amides is 2. The molecule has 0 bridgehead atoms. The summed E-state index contributed by atoms with van der Waals surface area (Å²) in [6.07, 6.45) is 1.63. The summed E-state index contributed by atoms with van der Waals surface area (Å²) in [6.45, 7) is 0.277. The third-order valence-corrected chi connectivity index (χ3v) is 6.32. The number of ether oxygens (including phenoxy) is 1. The predicted octanol–water partition coefficient (Wildman–Crippen LogP) is 6.17. The summed E-state index contributed by atoms with van der Waals surface area (Å²) in [7, 11) is 0. The van der Waals surface area contributed by atoms with Crippen molar-refractivity contribution < 1.29 is 19.2 Å². The lowest BCUT2D eigenvalue weighted by atomic mass is 10.1. The number of rotatable bonds is 7. The first-order valence-electron chi connectivity index (χ1n) is 9.86. The minimum Gasteiger partial charge on any atom is -0.489 e. The fourth-order valence-corrected chi connectivity index (χ4v) is 4.29. The summed E-state index contributed by atoms with van der Waals surface area (Å²) in [4.78, 5) is 37.2. The Morgan fingerprint density at radius 3 is 2.39 bits per heavy atom. The van der Waals surface area contributed by atoms with Gasteiger partial charge in [-0.1, -0.05) is 58.4 Å². The molecule has 0 N–H and O–H groups in total. The Bertz CT molecular complexity index is 1240. The van der Waals surface area contributed by atoms with Crippen LogP contribution < -0.4 is 4.74 Å². The fraction of sp³-hybridized carbons (Fsp3) is 0.0833. The number of carbonyl (C=O) groups is 2. The van der Waals surface area contributed by atoms with Crippen LogP contribution in [-0.4, -0.2) is 21.0 Å². The molecule has 1 aliphatic rings. The highest BCUT2D eigenvalue weighted by Gasteiger charge is 2.36. The molecule has 0 aromatic heterocycles. The SMILES string of the molecule is O=C1S/C(=C\c2ccc(OCc3ccc(Br)cc3)cc2)C(=O)N1Cc1ccccc1[N+](=O)[O-]. The molecule has 166 valence electrons. The van der Waals surface area contributed by atoms with E-state index in [2.05, 4.69) is 15.9 Å². The van der Waals surface area contributed by atoms with E-state index in [9.17, 15) is 19.7 Å². The van der Waals surface area contributed by atoms with Gasteiger partial charge in [-0.2, -0.15) is 0 Å². The number of thioether (sulfide) groups is 1. The molecule has 0 radical (unpaired) electrons. The minimum atomic E-state index is -0.523. The highest BCUT2D eigenvalue weighted by Crippen LogP contribution is 2.34. The number of carbonyl (C=O) groups excluding carboxylic acids is 2. The van der Waals surface area contributed by atoms with Gasteiger partial charge in [-0.05, 0) is 53.2 Å². The summed E-state index contributed by atoms with van der Waals surface area (Å²) < 4.78 is 6.79. The van der Waals surface area contributed by atoms with Gasteiger partial charge in [-0.25, -0.2) is 0 Å². The Kier molecular flexibility index (Phi) is 6.90. The van der Waals surface area contributed by atoms with Crippen molar-refractivity contribution >= 4 is 50.6 Å². The Hall–Kier alpha value is -3.43. The molecular formula is C24H17BrN2O5S. The second-order valence-electron chi connectivity index (χ2n) is 7.14. The van der Waals surface area contributed by atoms with E-state index in [1.54, 1.807) is 42.5 Å². The average molecular weight is 525 g/mol. The van der Waals surface area contributed by atoms with Crippen molar-refractivity contribution in [2.45, 2.75) is 13.2 Å². The van der Waals surface area contributed by atoms with E-state index in [4.69, 9.17) is 4.74 Å². The van der Waals surface area contributed by atoms with Crippen LogP contribution in [0.1, 0.15) is 16.7 Å². The molecule has 0 aliphatic carbocycles. The highest BCUT2D eigenvalue weighted by molar-refractivity contribution is 9.10. The Morgan fingerprint density at radius 2 is 1.70 bits per heavy atom. The summed E-state index contributed by atoms with van der Waals surface area (Å²) in [5.41, 5.74) is 1.95. The standard InChI is InChI=1S/C24H17BrN2O5S/c25-19-9-5-17(6-10-19)15-32-20-11-7-16(8-12-20)13-22-23(28)26(24(29)33-22)14-18-3-1-2-4-21(18)27(30)31/h1-13H,14-15H2/b22-13-. The summed E-state index contributed by atoms with van der Waals surface area (Å²) in [6, 6.07) is 21.1. The van der Waals surface area contributed by atoms with E-state index in [0.29, 0.717) is 17.9 Å². The Balaban J connectivity index is 1.43. The maximum absolute atomic E-state index is 12.8. The normalized spacial score (nSPS) is 14.7. The van der Waals surface area contributed by atoms with Crippen LogP contribution in [0.4, 0.5) is 10.5 Å². The van der Waals surface area contributed by atoms with Crippen LogP contribution in [0, 0.1) is 10.1 Å². The van der Waals surface area contributed by atoms with Crippen molar-refractivity contribution in [3.63, 3.8) is 0 Å². The third kappa shape index (κ3) is 5.50. The zero-order chi connectivity index (χ0) is 23.4. The number of benzene rings is 3. The zero-order valence-electron chi connectivity index (χ0n) is 17.1. The van der Waals surface area contributed by atoms with E-state index in [1.165, 1.54) is 12.1 Å². The molecule has 0 spiro atoms. The van der Waals surface area contributed by atoms with Gasteiger partial charge in [0.25, 0.3) is 16.8 Å². The van der Waals surface area contributed by atoms with Crippen LogP contribution in [0.5, 0.6) is 5.75 Å². The molecule has 1 heterocycles. The van der Waals surface area contributed by atoms with Crippen LogP contribution >= 0.6 is 27.7 Å². The number of nitro benzene ring substituents is 1. The van der Waals surface area contributed by atoms with E-state index >= 15 is 0 Å². The third-order valence-electron chi connectivity index (χ3n) is 4.89. The monoisotopic (exact) mass is 524 g/mol. The van der Waals surface area contributed by atoms with Crippen LogP contribution in [0.2, 0.25) is 0 Å². The first-order valence-corrected chi connectivity index (χ1v) is 11.5. The fourth-order valence-electron chi connectivity index (χ4n) is 3.19. The van der Waals surface area contributed by atoms with E-state index in [0.717, 1.165) is 32.3 Å². The lowest BCUT2D eigenvalue weighted by molar-refractivity contribution is -0.385. The predicted molar refractivity (Wildman–Crippen MR) is 130 cm³/mol. The lowest BCUT2D eigenvalue weighted by Crippen LogP contribution is -2.27. The van der Waals surface area contributed by atoms with Crippen molar-refractivity contribution in [2.75, 3.05) is 0 Å². The lowest BCUT2D eigenvalue weighted by Gasteiger charge is -2.12. The smallest absolute Gasteiger partial charge is 0.293 e. The number of imide groups is 1. The average Bonchev–Trinajstić information content (AvgIpc) is 3.07. The van der Waals surface area contributed by atoms with Crippen LogP contribution in [-0.2, 0) is 17.9 Å². The van der Waals surface area contributed by atoms with Crippen LogP contribution in [0.25, 0.3) is 6.08 Å². The van der Waals surface area contributed by atoms with Crippen molar-refractivity contribution in [1.82, 2.24) is 4.90 Å². The molecule has 3 aromatic rings. The van der Waals surface area contributed by atoms with Crippen molar-refractivity contribution in [1.29, 1.82) is 0 Å². The maximum atomic E-state index is 12.8. The molecule has 3 aromatic carbocycles. The first kappa shape index (κ1) is 22.8. The van der Waals surface area contributed by atoms with Gasteiger partial charge in [0.1, 0.15) is 12.4 Å². The van der Waals surface area contributed by atoms with Gasteiger partial charge in [-0.15, -0.1) is 0 Å². The van der Waals surface area contributed by atoms with E-state index in [1.807, 2.05) is 24.3 Å². The molecular weight excluding hydrogens is 508 g/mol. The Labute approximate surface area is 202 Å². The highest BCUT2D eigenvalue weighted by atomic mass is 79.9. The van der Waals surface area contributed by atoms with Crippen molar-refractivity contribution in [3.05, 3.63) is 109 Å². The second kappa shape index (κ2) is 10.0. The number of hydrogen-bond donors (Lipinski definition) is 0. The largest absolute Gasteiger partial charge is 0.489 e. The number of halogens is 1. The van der Waals surface area contributed by atoms with Gasteiger partial charge < -0.3 is 4.74 Å².